The number of hydrogen-bond acceptors (Lipinski definition) is 6. The standard InChI is InChI=1S/C16H12BrFN2O4S2/c1-26(22,23)10-3-4-12-14(7-10)25-16(19-12)20-15(21)8-24-13-5-2-9(18)6-11(13)17/h2-7H,8H2,1H3,(H,19,20,21). The van der Waals surface area contributed by atoms with Gasteiger partial charge in [0.05, 0.1) is 19.6 Å². The normalized spacial score (nSPS) is 11.5. The highest BCUT2D eigenvalue weighted by molar-refractivity contribution is 9.10. The number of fused-ring (bicyclic) bond motifs is 1. The number of nitrogens with one attached hydrogen (secondary N) is 1. The van der Waals surface area contributed by atoms with Crippen molar-refractivity contribution >= 4 is 58.4 Å². The lowest BCUT2D eigenvalue weighted by atomic mass is 10.3. The Labute approximate surface area is 161 Å². The topological polar surface area (TPSA) is 85.4 Å². The van der Waals surface area contributed by atoms with E-state index in [0.29, 0.717) is 25.6 Å². The molecule has 6 nitrogen and oxygen atoms in total. The van der Waals surface area contributed by atoms with E-state index in [1.54, 1.807) is 6.07 Å². The predicted octanol–water partition coefficient (Wildman–Crippen LogP) is 3.62. The average molecular weight is 459 g/mol. The molecule has 0 fully saturated rings. The Balaban J connectivity index is 1.69. The van der Waals surface area contributed by atoms with Crippen LogP contribution in [0.5, 0.6) is 5.75 Å². The Morgan fingerprint density at radius 1 is 1.31 bits per heavy atom. The number of sulfone groups is 1. The molecule has 0 spiro atoms. The fourth-order valence-corrected chi connectivity index (χ4v) is 4.19. The Morgan fingerprint density at radius 3 is 2.77 bits per heavy atom. The van der Waals surface area contributed by atoms with Crippen LogP contribution in [-0.2, 0) is 14.6 Å². The molecule has 3 aromatic rings. The van der Waals surface area contributed by atoms with Crippen LogP contribution < -0.4 is 10.1 Å². The number of benzene rings is 2. The van der Waals surface area contributed by atoms with Gasteiger partial charge in [0.25, 0.3) is 5.91 Å². The van der Waals surface area contributed by atoms with Crippen LogP contribution >= 0.6 is 27.3 Å². The second-order valence-corrected chi connectivity index (χ2v) is 9.23. The third-order valence-electron chi connectivity index (χ3n) is 3.29. The lowest BCUT2D eigenvalue weighted by Crippen LogP contribution is -2.20. The highest BCUT2D eigenvalue weighted by Gasteiger charge is 2.13. The zero-order valence-corrected chi connectivity index (χ0v) is 16.5. The first-order valence-corrected chi connectivity index (χ1v) is 10.7. The summed E-state index contributed by atoms with van der Waals surface area (Å²) in [5, 5.41) is 2.93. The van der Waals surface area contributed by atoms with Crippen LogP contribution in [0.4, 0.5) is 9.52 Å². The van der Waals surface area contributed by atoms with Crippen molar-refractivity contribution in [1.82, 2.24) is 4.98 Å². The first kappa shape index (κ1) is 18.7. The van der Waals surface area contributed by atoms with Gasteiger partial charge in [0.1, 0.15) is 11.6 Å². The number of nitrogens with zero attached hydrogens (tertiary/aromatic N) is 1. The Morgan fingerprint density at radius 2 is 2.08 bits per heavy atom. The molecule has 0 aliphatic heterocycles. The maximum Gasteiger partial charge on any atom is 0.264 e. The second kappa shape index (κ2) is 7.29. The molecule has 136 valence electrons. The molecule has 1 amide bonds. The van der Waals surface area contributed by atoms with Gasteiger partial charge in [-0.05, 0) is 52.3 Å². The summed E-state index contributed by atoms with van der Waals surface area (Å²) >= 11 is 4.31. The molecular formula is C16H12BrFN2O4S2. The van der Waals surface area contributed by atoms with Gasteiger partial charge >= 0.3 is 0 Å². The van der Waals surface area contributed by atoms with Crippen LogP contribution in [0.1, 0.15) is 0 Å². The largest absolute Gasteiger partial charge is 0.483 e. The van der Waals surface area contributed by atoms with E-state index in [0.717, 1.165) is 17.6 Å². The van der Waals surface area contributed by atoms with Gasteiger partial charge in [-0.2, -0.15) is 0 Å². The highest BCUT2D eigenvalue weighted by atomic mass is 79.9. The molecule has 0 bridgehead atoms. The van der Waals surface area contributed by atoms with Crippen molar-refractivity contribution in [2.75, 3.05) is 18.2 Å². The van der Waals surface area contributed by atoms with Crippen molar-refractivity contribution in [1.29, 1.82) is 0 Å². The molecule has 0 atom stereocenters. The number of carbonyl (C=O) groups excluding carboxylic acids is 1. The number of carbonyl (C=O) groups is 1. The van der Waals surface area contributed by atoms with Crippen molar-refractivity contribution in [3.8, 4) is 5.75 Å². The summed E-state index contributed by atoms with van der Waals surface area (Å²) in [7, 11) is -3.31. The minimum atomic E-state index is -3.31. The molecule has 2 aromatic carbocycles. The minimum Gasteiger partial charge on any atom is -0.483 e. The Kier molecular flexibility index (Phi) is 5.26. The van der Waals surface area contributed by atoms with Gasteiger partial charge in [-0.15, -0.1) is 0 Å². The summed E-state index contributed by atoms with van der Waals surface area (Å²) in [4.78, 5) is 16.4. The van der Waals surface area contributed by atoms with Crippen molar-refractivity contribution in [2.45, 2.75) is 4.90 Å². The smallest absolute Gasteiger partial charge is 0.264 e. The fourth-order valence-electron chi connectivity index (χ4n) is 2.08. The molecule has 0 aliphatic rings. The quantitative estimate of drug-likeness (QED) is 0.630. The first-order valence-electron chi connectivity index (χ1n) is 7.21. The van der Waals surface area contributed by atoms with Crippen LogP contribution in [0, 0.1) is 5.82 Å². The van der Waals surface area contributed by atoms with Crippen LogP contribution in [-0.4, -0.2) is 32.2 Å². The molecule has 0 aliphatic carbocycles. The minimum absolute atomic E-state index is 0.191. The first-order chi connectivity index (χ1) is 12.2. The summed E-state index contributed by atoms with van der Waals surface area (Å²) in [6.45, 7) is -0.283. The van der Waals surface area contributed by atoms with E-state index in [9.17, 15) is 17.6 Å². The molecule has 0 saturated carbocycles. The number of ether oxygens (including phenoxy) is 1. The lowest BCUT2D eigenvalue weighted by molar-refractivity contribution is -0.118. The van der Waals surface area contributed by atoms with Crippen molar-refractivity contribution in [2.24, 2.45) is 0 Å². The Bertz CT molecular complexity index is 1100. The second-order valence-electron chi connectivity index (χ2n) is 5.33. The van der Waals surface area contributed by atoms with Gasteiger partial charge in [-0.3, -0.25) is 10.1 Å². The third kappa shape index (κ3) is 4.37. The van der Waals surface area contributed by atoms with Crippen molar-refractivity contribution in [3.05, 3.63) is 46.7 Å². The number of hydrogen-bond donors (Lipinski definition) is 1. The number of aromatic nitrogens is 1. The predicted molar refractivity (Wildman–Crippen MR) is 101 cm³/mol. The fraction of sp³-hybridized carbons (Fsp3) is 0.125. The molecule has 0 unspecified atom stereocenters. The molecule has 1 heterocycles. The number of rotatable bonds is 5. The monoisotopic (exact) mass is 458 g/mol. The number of thiazole rings is 1. The number of anilines is 1. The zero-order chi connectivity index (χ0) is 18.9. The number of amides is 1. The summed E-state index contributed by atoms with van der Waals surface area (Å²) < 4.78 is 42.6. The van der Waals surface area contributed by atoms with Crippen LogP contribution in [0.2, 0.25) is 0 Å². The van der Waals surface area contributed by atoms with E-state index in [4.69, 9.17) is 4.74 Å². The molecular weight excluding hydrogens is 447 g/mol. The molecule has 3 rings (SSSR count). The van der Waals surface area contributed by atoms with Gasteiger partial charge in [0.15, 0.2) is 21.6 Å². The van der Waals surface area contributed by atoms with E-state index < -0.39 is 21.6 Å². The van der Waals surface area contributed by atoms with Gasteiger partial charge < -0.3 is 4.74 Å². The Hall–Kier alpha value is -2.04. The van der Waals surface area contributed by atoms with Crippen LogP contribution in [0.15, 0.2) is 45.8 Å². The SMILES string of the molecule is CS(=O)(=O)c1ccc2nc(NC(=O)COc3ccc(F)cc3Br)sc2c1. The van der Waals surface area contributed by atoms with E-state index in [1.807, 2.05) is 0 Å². The molecule has 10 heteroatoms. The summed E-state index contributed by atoms with van der Waals surface area (Å²) in [6, 6.07) is 8.45. The van der Waals surface area contributed by atoms with Gasteiger partial charge in [-0.25, -0.2) is 17.8 Å². The van der Waals surface area contributed by atoms with Gasteiger partial charge in [-0.1, -0.05) is 11.3 Å². The molecule has 1 aromatic heterocycles. The average Bonchev–Trinajstić information content (AvgIpc) is 2.94. The summed E-state index contributed by atoms with van der Waals surface area (Å²) in [6.07, 6.45) is 1.13. The lowest BCUT2D eigenvalue weighted by Gasteiger charge is -2.07. The van der Waals surface area contributed by atoms with E-state index in [2.05, 4.69) is 26.2 Å². The highest BCUT2D eigenvalue weighted by Crippen LogP contribution is 2.28. The third-order valence-corrected chi connectivity index (χ3v) is 5.95. The van der Waals surface area contributed by atoms with Crippen LogP contribution in [0.3, 0.4) is 0 Å². The van der Waals surface area contributed by atoms with E-state index in [-0.39, 0.29) is 11.5 Å². The van der Waals surface area contributed by atoms with Gasteiger partial charge in [0.2, 0.25) is 0 Å². The molecule has 26 heavy (non-hydrogen) atoms. The van der Waals surface area contributed by atoms with Crippen LogP contribution in [0.25, 0.3) is 10.2 Å². The van der Waals surface area contributed by atoms with Crippen molar-refractivity contribution < 1.29 is 22.3 Å². The summed E-state index contributed by atoms with van der Waals surface area (Å²) in [5.41, 5.74) is 0.583. The van der Waals surface area contributed by atoms with Crippen molar-refractivity contribution in [3.63, 3.8) is 0 Å². The summed E-state index contributed by atoms with van der Waals surface area (Å²) in [5.74, 6) is -0.524. The maximum absolute atomic E-state index is 13.0. The molecule has 1 N–H and O–H groups in total. The van der Waals surface area contributed by atoms with E-state index in [1.165, 1.54) is 30.3 Å². The molecule has 0 radical (unpaired) electrons. The number of halogens is 2. The van der Waals surface area contributed by atoms with E-state index >= 15 is 0 Å². The maximum atomic E-state index is 13.0. The zero-order valence-electron chi connectivity index (χ0n) is 13.3. The molecule has 0 saturated heterocycles. The van der Waals surface area contributed by atoms with Gasteiger partial charge in [0, 0.05) is 6.26 Å².